The number of carbonyl (C=O) groups excluding carboxylic acids is 1. The number of ether oxygens (including phenoxy) is 1. The SMILES string of the molecule is COc1ccc(Nc2ncc3nc(Nc4ccccc4F)n([C@H]4CC[C@H](NC=O)CC4)c3n2)cc1. The van der Waals surface area contributed by atoms with Crippen LogP contribution in [0.5, 0.6) is 5.75 Å². The molecule has 9 nitrogen and oxygen atoms in total. The minimum Gasteiger partial charge on any atom is -0.497 e. The van der Waals surface area contributed by atoms with Gasteiger partial charge < -0.3 is 20.7 Å². The lowest BCUT2D eigenvalue weighted by atomic mass is 9.91. The lowest BCUT2D eigenvalue weighted by Crippen LogP contribution is -2.33. The molecule has 4 aromatic rings. The Balaban J connectivity index is 1.50. The van der Waals surface area contributed by atoms with Gasteiger partial charge in [0.25, 0.3) is 0 Å². The van der Waals surface area contributed by atoms with Crippen molar-refractivity contribution in [1.29, 1.82) is 0 Å². The maximum Gasteiger partial charge on any atom is 0.229 e. The number of fused-ring (bicyclic) bond motifs is 1. The van der Waals surface area contributed by atoms with Crippen molar-refractivity contribution in [3.8, 4) is 5.75 Å². The van der Waals surface area contributed by atoms with E-state index in [-0.39, 0.29) is 17.9 Å². The number of nitrogens with zero attached hydrogens (tertiary/aromatic N) is 4. The number of amides is 1. The van der Waals surface area contributed by atoms with Crippen LogP contribution in [0.4, 0.5) is 27.7 Å². The molecular formula is C25H26FN7O2. The van der Waals surface area contributed by atoms with Crippen molar-refractivity contribution < 1.29 is 13.9 Å². The smallest absolute Gasteiger partial charge is 0.229 e. The summed E-state index contributed by atoms with van der Waals surface area (Å²) in [5, 5.41) is 9.25. The lowest BCUT2D eigenvalue weighted by molar-refractivity contribution is -0.110. The van der Waals surface area contributed by atoms with Crippen LogP contribution in [0, 0.1) is 5.82 Å². The van der Waals surface area contributed by atoms with Crippen LogP contribution in [-0.4, -0.2) is 39.1 Å². The molecule has 10 heteroatoms. The third-order valence-corrected chi connectivity index (χ3v) is 6.26. The highest BCUT2D eigenvalue weighted by Crippen LogP contribution is 2.35. The van der Waals surface area contributed by atoms with Gasteiger partial charge in [-0.1, -0.05) is 12.1 Å². The molecule has 0 atom stereocenters. The van der Waals surface area contributed by atoms with Gasteiger partial charge in [-0.2, -0.15) is 4.98 Å². The van der Waals surface area contributed by atoms with E-state index in [0.29, 0.717) is 28.7 Å². The van der Waals surface area contributed by atoms with Gasteiger partial charge in [-0.25, -0.2) is 14.4 Å². The van der Waals surface area contributed by atoms with Crippen molar-refractivity contribution in [3.05, 3.63) is 60.5 Å². The summed E-state index contributed by atoms with van der Waals surface area (Å²) in [5.74, 6) is 1.33. The zero-order valence-corrected chi connectivity index (χ0v) is 19.2. The van der Waals surface area contributed by atoms with E-state index >= 15 is 0 Å². The molecule has 180 valence electrons. The second-order valence-corrected chi connectivity index (χ2v) is 8.46. The number of halogens is 1. The maximum absolute atomic E-state index is 14.4. The van der Waals surface area contributed by atoms with Crippen LogP contribution in [-0.2, 0) is 4.79 Å². The summed E-state index contributed by atoms with van der Waals surface area (Å²) in [5.41, 5.74) is 2.42. The van der Waals surface area contributed by atoms with Crippen molar-refractivity contribution in [2.45, 2.75) is 37.8 Å². The summed E-state index contributed by atoms with van der Waals surface area (Å²) in [4.78, 5) is 24.8. The monoisotopic (exact) mass is 475 g/mol. The van der Waals surface area contributed by atoms with E-state index in [4.69, 9.17) is 14.7 Å². The van der Waals surface area contributed by atoms with Gasteiger partial charge in [-0.05, 0) is 62.1 Å². The first kappa shape index (κ1) is 22.6. The molecular weight excluding hydrogens is 449 g/mol. The Kier molecular flexibility index (Phi) is 6.42. The van der Waals surface area contributed by atoms with Gasteiger partial charge in [0, 0.05) is 17.8 Å². The second kappa shape index (κ2) is 9.96. The first-order valence-electron chi connectivity index (χ1n) is 11.5. The molecule has 1 saturated carbocycles. The van der Waals surface area contributed by atoms with Crippen LogP contribution in [0.25, 0.3) is 11.2 Å². The van der Waals surface area contributed by atoms with Gasteiger partial charge in [0.2, 0.25) is 18.3 Å². The molecule has 2 heterocycles. The molecule has 0 radical (unpaired) electrons. The molecule has 0 unspecified atom stereocenters. The third kappa shape index (κ3) is 4.86. The number of aromatic nitrogens is 4. The van der Waals surface area contributed by atoms with Crippen molar-refractivity contribution in [2.24, 2.45) is 0 Å². The first-order chi connectivity index (χ1) is 17.1. The molecule has 0 spiro atoms. The Morgan fingerprint density at radius 1 is 1.03 bits per heavy atom. The molecule has 1 aliphatic carbocycles. The normalized spacial score (nSPS) is 17.7. The molecule has 2 aromatic carbocycles. The molecule has 1 fully saturated rings. The molecule has 0 saturated heterocycles. The number of methoxy groups -OCH3 is 1. The highest BCUT2D eigenvalue weighted by Gasteiger charge is 2.27. The number of hydrogen-bond acceptors (Lipinski definition) is 7. The van der Waals surface area contributed by atoms with Gasteiger partial charge in [-0.3, -0.25) is 9.36 Å². The Labute approximate surface area is 201 Å². The zero-order valence-electron chi connectivity index (χ0n) is 19.2. The first-order valence-corrected chi connectivity index (χ1v) is 11.5. The van der Waals surface area contributed by atoms with Crippen LogP contribution in [0.2, 0.25) is 0 Å². The zero-order chi connectivity index (χ0) is 24.2. The number of anilines is 4. The number of nitrogens with one attached hydrogen (secondary N) is 3. The minimum absolute atomic E-state index is 0.0858. The average molecular weight is 476 g/mol. The van der Waals surface area contributed by atoms with Gasteiger partial charge in [-0.15, -0.1) is 0 Å². The predicted octanol–water partition coefficient (Wildman–Crippen LogP) is 4.69. The summed E-state index contributed by atoms with van der Waals surface area (Å²) in [6.45, 7) is 0. The fourth-order valence-electron chi connectivity index (χ4n) is 4.47. The summed E-state index contributed by atoms with van der Waals surface area (Å²) in [6.07, 6.45) is 5.75. The summed E-state index contributed by atoms with van der Waals surface area (Å²) in [6, 6.07) is 14.2. The molecule has 0 aliphatic heterocycles. The molecule has 35 heavy (non-hydrogen) atoms. The quantitative estimate of drug-likeness (QED) is 0.318. The van der Waals surface area contributed by atoms with Crippen LogP contribution < -0.4 is 20.7 Å². The standard InChI is InChI=1S/C25H26FN7O2/c1-35-19-12-8-17(9-13-19)29-24-27-14-22-23(32-24)33(18-10-6-16(7-11-18)28-15-34)25(31-22)30-21-5-3-2-4-20(21)26/h2-5,8-9,12-16,18H,6-7,10-11H2,1H3,(H,28,34)(H,30,31)(H,27,29,32)/t16-,18-. The molecule has 3 N–H and O–H groups in total. The van der Waals surface area contributed by atoms with E-state index in [1.54, 1.807) is 31.5 Å². The van der Waals surface area contributed by atoms with Crippen LogP contribution >= 0.6 is 0 Å². The van der Waals surface area contributed by atoms with Crippen LogP contribution in [0.1, 0.15) is 31.7 Å². The van der Waals surface area contributed by atoms with Crippen molar-refractivity contribution in [1.82, 2.24) is 24.8 Å². The van der Waals surface area contributed by atoms with E-state index in [1.165, 1.54) is 6.07 Å². The third-order valence-electron chi connectivity index (χ3n) is 6.26. The van der Waals surface area contributed by atoms with E-state index < -0.39 is 0 Å². The number of hydrogen-bond donors (Lipinski definition) is 3. The van der Waals surface area contributed by atoms with E-state index in [1.807, 2.05) is 28.8 Å². The van der Waals surface area contributed by atoms with Crippen LogP contribution in [0.15, 0.2) is 54.7 Å². The van der Waals surface area contributed by atoms with Gasteiger partial charge in [0.1, 0.15) is 17.1 Å². The summed E-state index contributed by atoms with van der Waals surface area (Å²) >= 11 is 0. The van der Waals surface area contributed by atoms with Crippen molar-refractivity contribution >= 4 is 40.8 Å². The Morgan fingerprint density at radius 3 is 2.51 bits per heavy atom. The van der Waals surface area contributed by atoms with Gasteiger partial charge in [0.15, 0.2) is 5.65 Å². The van der Waals surface area contributed by atoms with E-state index in [2.05, 4.69) is 20.9 Å². The fraction of sp³-hybridized carbons (Fsp3) is 0.280. The fourth-order valence-corrected chi connectivity index (χ4v) is 4.47. The Hall–Kier alpha value is -4.21. The maximum atomic E-state index is 14.4. The topological polar surface area (TPSA) is 106 Å². The molecule has 1 amide bonds. The highest BCUT2D eigenvalue weighted by atomic mass is 19.1. The highest BCUT2D eigenvalue weighted by molar-refractivity contribution is 5.77. The number of imidazole rings is 1. The van der Waals surface area contributed by atoms with Crippen LogP contribution in [0.3, 0.4) is 0 Å². The lowest BCUT2D eigenvalue weighted by Gasteiger charge is -2.30. The molecule has 5 rings (SSSR count). The number of para-hydroxylation sites is 1. The predicted molar refractivity (Wildman–Crippen MR) is 132 cm³/mol. The van der Waals surface area contributed by atoms with Gasteiger partial charge in [0.05, 0.1) is 19.0 Å². The number of carbonyl (C=O) groups is 1. The minimum atomic E-state index is -0.363. The Morgan fingerprint density at radius 2 is 1.80 bits per heavy atom. The molecule has 0 bridgehead atoms. The summed E-state index contributed by atoms with van der Waals surface area (Å²) < 4.78 is 21.7. The molecule has 2 aromatic heterocycles. The van der Waals surface area contributed by atoms with Crippen molar-refractivity contribution in [3.63, 3.8) is 0 Å². The van der Waals surface area contributed by atoms with E-state index in [0.717, 1.165) is 43.5 Å². The van der Waals surface area contributed by atoms with Gasteiger partial charge >= 0.3 is 0 Å². The molecule has 1 aliphatic rings. The Bertz CT molecular complexity index is 1320. The largest absolute Gasteiger partial charge is 0.497 e. The average Bonchev–Trinajstić information content (AvgIpc) is 3.24. The van der Waals surface area contributed by atoms with Crippen molar-refractivity contribution in [2.75, 3.05) is 17.7 Å². The second-order valence-electron chi connectivity index (χ2n) is 8.46. The van der Waals surface area contributed by atoms with E-state index in [9.17, 15) is 9.18 Å². The number of rotatable bonds is 8. The number of benzene rings is 2. The summed E-state index contributed by atoms with van der Waals surface area (Å²) in [7, 11) is 1.62.